The van der Waals surface area contributed by atoms with E-state index in [4.69, 9.17) is 4.74 Å². The number of rotatable bonds is 7. The highest BCUT2D eigenvalue weighted by Crippen LogP contribution is 2.10. The lowest BCUT2D eigenvalue weighted by Crippen LogP contribution is -2.53. The summed E-state index contributed by atoms with van der Waals surface area (Å²) in [4.78, 5) is 6.87. The Bertz CT molecular complexity index is 520. The first-order valence-corrected chi connectivity index (χ1v) is 9.44. The van der Waals surface area contributed by atoms with Crippen molar-refractivity contribution in [2.24, 2.45) is 4.99 Å². The van der Waals surface area contributed by atoms with Gasteiger partial charge in [0.2, 0.25) is 0 Å². The Labute approximate surface area is 152 Å². The Morgan fingerprint density at radius 1 is 1.32 bits per heavy atom. The van der Waals surface area contributed by atoms with Gasteiger partial charge in [0.05, 0.1) is 13.2 Å². The summed E-state index contributed by atoms with van der Waals surface area (Å²) in [6.45, 7) is 10.3. The molecule has 0 amide bonds. The molecule has 0 spiro atoms. The van der Waals surface area contributed by atoms with Crippen LogP contribution in [0.5, 0.6) is 0 Å². The fourth-order valence-electron chi connectivity index (χ4n) is 3.28. The Morgan fingerprint density at radius 3 is 2.76 bits per heavy atom. The molecule has 5 nitrogen and oxygen atoms in total. The second-order valence-corrected chi connectivity index (χ2v) is 7.03. The van der Waals surface area contributed by atoms with Crippen molar-refractivity contribution in [3.05, 3.63) is 35.9 Å². The zero-order valence-electron chi connectivity index (χ0n) is 16.2. The summed E-state index contributed by atoms with van der Waals surface area (Å²) in [6.07, 6.45) is 2.16. The number of hydrogen-bond acceptors (Lipinski definition) is 3. The van der Waals surface area contributed by atoms with Gasteiger partial charge in [-0.25, -0.2) is 0 Å². The molecule has 1 aliphatic rings. The lowest BCUT2D eigenvalue weighted by atomic mass is 10.1. The third kappa shape index (κ3) is 6.67. The van der Waals surface area contributed by atoms with Crippen molar-refractivity contribution < 1.29 is 4.74 Å². The molecule has 0 bridgehead atoms. The predicted octanol–water partition coefficient (Wildman–Crippen LogP) is 2.28. The molecule has 1 aromatic rings. The minimum Gasteiger partial charge on any atom is -0.379 e. The van der Waals surface area contributed by atoms with Crippen LogP contribution in [-0.2, 0) is 11.2 Å². The van der Waals surface area contributed by atoms with Gasteiger partial charge in [0.25, 0.3) is 0 Å². The monoisotopic (exact) mass is 346 g/mol. The number of nitrogens with zero attached hydrogens (tertiary/aromatic N) is 2. The standard InChI is InChI=1S/C20H34N4O/c1-16(10-11-19-8-6-5-7-9-19)23-20(21-4)22-14-17(2)24-12-13-25-15-18(24)3/h5-9,16-18H,10-15H2,1-4H3,(H2,21,22,23). The van der Waals surface area contributed by atoms with Crippen LogP contribution in [-0.4, -0.2) is 62.3 Å². The van der Waals surface area contributed by atoms with E-state index in [1.807, 2.05) is 7.05 Å². The minimum atomic E-state index is 0.379. The van der Waals surface area contributed by atoms with Crippen molar-refractivity contribution in [2.45, 2.75) is 51.7 Å². The van der Waals surface area contributed by atoms with Crippen LogP contribution >= 0.6 is 0 Å². The zero-order valence-corrected chi connectivity index (χ0v) is 16.2. The molecule has 0 radical (unpaired) electrons. The van der Waals surface area contributed by atoms with E-state index in [0.29, 0.717) is 18.1 Å². The van der Waals surface area contributed by atoms with Gasteiger partial charge in [0.1, 0.15) is 0 Å². The van der Waals surface area contributed by atoms with E-state index in [9.17, 15) is 0 Å². The lowest BCUT2D eigenvalue weighted by Gasteiger charge is -2.38. The molecule has 2 rings (SSSR count). The second-order valence-electron chi connectivity index (χ2n) is 7.03. The summed E-state index contributed by atoms with van der Waals surface area (Å²) in [6, 6.07) is 11.9. The van der Waals surface area contributed by atoms with Crippen LogP contribution in [0, 0.1) is 0 Å². The molecule has 3 unspecified atom stereocenters. The maximum Gasteiger partial charge on any atom is 0.191 e. The fraction of sp³-hybridized carbons (Fsp3) is 0.650. The molecule has 0 aliphatic carbocycles. The van der Waals surface area contributed by atoms with Gasteiger partial charge in [0, 0.05) is 38.3 Å². The summed E-state index contributed by atoms with van der Waals surface area (Å²) < 4.78 is 5.53. The van der Waals surface area contributed by atoms with E-state index in [2.05, 4.69) is 71.6 Å². The quantitative estimate of drug-likeness (QED) is 0.587. The number of aryl methyl sites for hydroxylation is 1. The van der Waals surface area contributed by atoms with Crippen molar-refractivity contribution in [1.82, 2.24) is 15.5 Å². The average Bonchev–Trinajstić information content (AvgIpc) is 2.64. The number of hydrogen-bond donors (Lipinski definition) is 2. The Morgan fingerprint density at radius 2 is 2.08 bits per heavy atom. The number of ether oxygens (including phenoxy) is 1. The van der Waals surface area contributed by atoms with Gasteiger partial charge in [-0.05, 0) is 39.2 Å². The number of benzene rings is 1. The topological polar surface area (TPSA) is 48.9 Å². The van der Waals surface area contributed by atoms with E-state index in [1.165, 1.54) is 5.56 Å². The molecule has 0 saturated carbocycles. The summed E-state index contributed by atoms with van der Waals surface area (Å²) in [5, 5.41) is 6.97. The van der Waals surface area contributed by atoms with E-state index in [-0.39, 0.29) is 0 Å². The van der Waals surface area contributed by atoms with Gasteiger partial charge in [0.15, 0.2) is 5.96 Å². The third-order valence-electron chi connectivity index (χ3n) is 4.87. The largest absolute Gasteiger partial charge is 0.379 e. The van der Waals surface area contributed by atoms with Crippen LogP contribution in [0.25, 0.3) is 0 Å². The minimum absolute atomic E-state index is 0.379. The molecule has 140 valence electrons. The SMILES string of the molecule is CN=C(NCC(C)N1CCOCC1C)NC(C)CCc1ccccc1. The Balaban J connectivity index is 1.72. The predicted molar refractivity (Wildman–Crippen MR) is 105 cm³/mol. The van der Waals surface area contributed by atoms with Crippen LogP contribution in [0.1, 0.15) is 32.8 Å². The van der Waals surface area contributed by atoms with Crippen LogP contribution in [0.15, 0.2) is 35.3 Å². The highest BCUT2D eigenvalue weighted by Gasteiger charge is 2.23. The van der Waals surface area contributed by atoms with Crippen molar-refractivity contribution in [3.8, 4) is 0 Å². The Kier molecular flexibility index (Phi) is 8.22. The number of aliphatic imine (C=N–C) groups is 1. The third-order valence-corrected chi connectivity index (χ3v) is 4.87. The van der Waals surface area contributed by atoms with Crippen molar-refractivity contribution in [3.63, 3.8) is 0 Å². The number of morpholine rings is 1. The molecule has 1 aromatic carbocycles. The van der Waals surface area contributed by atoms with E-state index in [0.717, 1.165) is 45.1 Å². The van der Waals surface area contributed by atoms with E-state index < -0.39 is 0 Å². The molecule has 2 N–H and O–H groups in total. The van der Waals surface area contributed by atoms with Crippen LogP contribution < -0.4 is 10.6 Å². The highest BCUT2D eigenvalue weighted by molar-refractivity contribution is 5.79. The van der Waals surface area contributed by atoms with Crippen molar-refractivity contribution in [2.75, 3.05) is 33.4 Å². The molecule has 0 aromatic heterocycles. The smallest absolute Gasteiger partial charge is 0.191 e. The van der Waals surface area contributed by atoms with Gasteiger partial charge in [-0.15, -0.1) is 0 Å². The van der Waals surface area contributed by atoms with Gasteiger partial charge in [-0.1, -0.05) is 30.3 Å². The molecule has 5 heteroatoms. The normalized spacial score (nSPS) is 21.6. The molecule has 1 aliphatic heterocycles. The van der Waals surface area contributed by atoms with Gasteiger partial charge in [-0.2, -0.15) is 0 Å². The molecule has 1 saturated heterocycles. The van der Waals surface area contributed by atoms with E-state index >= 15 is 0 Å². The average molecular weight is 347 g/mol. The summed E-state index contributed by atoms with van der Waals surface area (Å²) in [5.74, 6) is 0.883. The zero-order chi connectivity index (χ0) is 18.1. The summed E-state index contributed by atoms with van der Waals surface area (Å²) in [5.41, 5.74) is 1.38. The van der Waals surface area contributed by atoms with Gasteiger partial charge >= 0.3 is 0 Å². The van der Waals surface area contributed by atoms with Gasteiger partial charge in [-0.3, -0.25) is 9.89 Å². The maximum absolute atomic E-state index is 5.53. The first-order chi connectivity index (χ1) is 12.1. The first kappa shape index (κ1) is 19.7. The molecule has 3 atom stereocenters. The maximum atomic E-state index is 5.53. The van der Waals surface area contributed by atoms with Crippen LogP contribution in [0.4, 0.5) is 0 Å². The van der Waals surface area contributed by atoms with E-state index in [1.54, 1.807) is 0 Å². The number of guanidine groups is 1. The first-order valence-electron chi connectivity index (χ1n) is 9.44. The molecular weight excluding hydrogens is 312 g/mol. The van der Waals surface area contributed by atoms with Crippen molar-refractivity contribution in [1.29, 1.82) is 0 Å². The fourth-order valence-corrected chi connectivity index (χ4v) is 3.28. The summed E-state index contributed by atoms with van der Waals surface area (Å²) >= 11 is 0. The second kappa shape index (κ2) is 10.4. The lowest BCUT2D eigenvalue weighted by molar-refractivity contribution is -0.0174. The molecule has 25 heavy (non-hydrogen) atoms. The number of nitrogens with one attached hydrogen (secondary N) is 2. The van der Waals surface area contributed by atoms with Crippen LogP contribution in [0.2, 0.25) is 0 Å². The van der Waals surface area contributed by atoms with Gasteiger partial charge < -0.3 is 15.4 Å². The van der Waals surface area contributed by atoms with Crippen LogP contribution in [0.3, 0.4) is 0 Å². The highest BCUT2D eigenvalue weighted by atomic mass is 16.5. The Hall–Kier alpha value is -1.59. The summed E-state index contributed by atoms with van der Waals surface area (Å²) in [7, 11) is 1.83. The molecular formula is C20H34N4O. The van der Waals surface area contributed by atoms with Crippen molar-refractivity contribution >= 4 is 5.96 Å². The molecule has 1 fully saturated rings. The molecule has 1 heterocycles.